The zero-order valence-corrected chi connectivity index (χ0v) is 12.7. The molecule has 0 radical (unpaired) electrons. The van der Waals surface area contributed by atoms with Gasteiger partial charge in [-0.15, -0.1) is 0 Å². The summed E-state index contributed by atoms with van der Waals surface area (Å²) in [7, 11) is 1.81. The molecule has 1 aliphatic carbocycles. The van der Waals surface area contributed by atoms with Gasteiger partial charge >= 0.3 is 0 Å². The monoisotopic (exact) mass is 316 g/mol. The molecule has 3 unspecified atom stereocenters. The summed E-state index contributed by atoms with van der Waals surface area (Å²) in [6.45, 7) is 2.12. The number of methoxy groups -OCH3 is 1. The Morgan fingerprint density at radius 2 is 1.32 bits per heavy atom. The lowest BCUT2D eigenvalue weighted by Gasteiger charge is -2.01. The van der Waals surface area contributed by atoms with Gasteiger partial charge in [0.15, 0.2) is 0 Å². The zero-order valence-electron chi connectivity index (χ0n) is 11.1. The summed E-state index contributed by atoms with van der Waals surface area (Å²) in [5.74, 6) is 0.979. The van der Waals surface area contributed by atoms with Crippen molar-refractivity contribution in [3.05, 3.63) is 69.7 Å². The molecule has 1 saturated carbocycles. The van der Waals surface area contributed by atoms with Crippen LogP contribution in [0.4, 0.5) is 0 Å². The molecule has 0 heterocycles. The van der Waals surface area contributed by atoms with Gasteiger partial charge in [-0.25, -0.2) is 0 Å². The van der Waals surface area contributed by atoms with Crippen molar-refractivity contribution in [2.24, 2.45) is 0 Å². The lowest BCUT2D eigenvalue weighted by atomic mass is 10.0. The van der Waals surface area contributed by atoms with Crippen LogP contribution in [0.25, 0.3) is 0 Å². The van der Waals surface area contributed by atoms with Crippen molar-refractivity contribution >= 4 is 15.9 Å². The number of rotatable bonds is 3. The van der Waals surface area contributed by atoms with Crippen molar-refractivity contribution in [1.29, 1.82) is 0 Å². The lowest BCUT2D eigenvalue weighted by Crippen LogP contribution is -1.91. The highest BCUT2D eigenvalue weighted by Gasteiger charge is 2.52. The van der Waals surface area contributed by atoms with Gasteiger partial charge in [0.2, 0.25) is 0 Å². The first-order chi connectivity index (χ1) is 9.20. The van der Waals surface area contributed by atoms with E-state index in [1.807, 2.05) is 7.11 Å². The second kappa shape index (κ2) is 5.10. The van der Waals surface area contributed by atoms with E-state index in [9.17, 15) is 0 Å². The predicted octanol–water partition coefficient (Wildman–Crippen LogP) is 4.65. The van der Waals surface area contributed by atoms with E-state index in [0.717, 1.165) is 4.47 Å². The van der Waals surface area contributed by atoms with Gasteiger partial charge in [0.25, 0.3) is 0 Å². The number of ether oxygens (including phenoxy) is 1. The molecule has 0 N–H and O–H groups in total. The number of hydrogen-bond acceptors (Lipinski definition) is 1. The third-order valence-electron chi connectivity index (χ3n) is 3.94. The van der Waals surface area contributed by atoms with Gasteiger partial charge in [-0.05, 0) is 30.2 Å². The Labute approximate surface area is 122 Å². The van der Waals surface area contributed by atoms with E-state index < -0.39 is 0 Å². The van der Waals surface area contributed by atoms with Crippen molar-refractivity contribution in [1.82, 2.24) is 0 Å². The highest BCUT2D eigenvalue weighted by Crippen LogP contribution is 2.56. The third-order valence-corrected chi connectivity index (χ3v) is 4.47. The van der Waals surface area contributed by atoms with Crippen molar-refractivity contribution in [3.8, 4) is 0 Å². The Bertz CT molecular complexity index is 507. The van der Waals surface area contributed by atoms with Crippen LogP contribution in [0.15, 0.2) is 53.0 Å². The Morgan fingerprint density at radius 1 is 0.842 bits per heavy atom. The van der Waals surface area contributed by atoms with E-state index in [1.165, 1.54) is 16.7 Å². The highest BCUT2D eigenvalue weighted by molar-refractivity contribution is 9.10. The molecule has 1 nitrogen and oxygen atoms in total. The van der Waals surface area contributed by atoms with E-state index in [-0.39, 0.29) is 0 Å². The van der Waals surface area contributed by atoms with Gasteiger partial charge < -0.3 is 4.74 Å². The normalized spacial score (nSPS) is 25.3. The van der Waals surface area contributed by atoms with Crippen LogP contribution in [0.1, 0.15) is 28.5 Å². The maximum absolute atomic E-state index is 5.64. The first-order valence-corrected chi connectivity index (χ1v) is 7.35. The van der Waals surface area contributed by atoms with Gasteiger partial charge in [-0.2, -0.15) is 0 Å². The highest BCUT2D eigenvalue weighted by atomic mass is 79.9. The molecule has 0 saturated heterocycles. The van der Waals surface area contributed by atoms with Gasteiger partial charge in [-0.1, -0.05) is 57.9 Å². The molecule has 2 aromatic rings. The molecule has 19 heavy (non-hydrogen) atoms. The first-order valence-electron chi connectivity index (χ1n) is 6.55. The average Bonchev–Trinajstić information content (AvgIpc) is 3.15. The zero-order chi connectivity index (χ0) is 13.4. The Morgan fingerprint density at radius 3 is 1.79 bits per heavy atom. The summed E-state index contributed by atoms with van der Waals surface area (Å²) in [5, 5.41) is 0. The molecule has 2 aromatic carbocycles. The van der Waals surface area contributed by atoms with Crippen molar-refractivity contribution in [2.45, 2.75) is 24.9 Å². The molecule has 0 aliphatic heterocycles. The van der Waals surface area contributed by atoms with Crippen LogP contribution in [-0.2, 0) is 4.74 Å². The summed E-state index contributed by atoms with van der Waals surface area (Å²) in [6, 6.07) is 17.4. The number of hydrogen-bond donors (Lipinski definition) is 0. The van der Waals surface area contributed by atoms with Crippen molar-refractivity contribution < 1.29 is 4.74 Å². The maximum atomic E-state index is 5.64. The molecule has 98 valence electrons. The fraction of sp³-hybridized carbons (Fsp3) is 0.294. The summed E-state index contributed by atoms with van der Waals surface area (Å²) < 4.78 is 6.77. The van der Waals surface area contributed by atoms with Crippen LogP contribution in [0.3, 0.4) is 0 Å². The summed E-state index contributed by atoms with van der Waals surface area (Å²) in [5.41, 5.74) is 4.05. The van der Waals surface area contributed by atoms with Crippen LogP contribution in [0.2, 0.25) is 0 Å². The van der Waals surface area contributed by atoms with E-state index in [2.05, 4.69) is 71.4 Å². The van der Waals surface area contributed by atoms with Gasteiger partial charge in [0.05, 0.1) is 6.10 Å². The van der Waals surface area contributed by atoms with Crippen molar-refractivity contribution in [2.75, 3.05) is 7.11 Å². The maximum Gasteiger partial charge on any atom is 0.0721 e. The molecule has 3 rings (SSSR count). The van der Waals surface area contributed by atoms with E-state index in [1.54, 1.807) is 0 Å². The summed E-state index contributed by atoms with van der Waals surface area (Å²) in [6.07, 6.45) is 0.309. The SMILES string of the molecule is COC1C(c2ccc(C)cc2)C1c1ccc(Br)cc1. The Balaban J connectivity index is 1.87. The minimum atomic E-state index is 0.309. The second-order valence-corrected chi connectivity index (χ2v) is 6.13. The topological polar surface area (TPSA) is 9.23 Å². The van der Waals surface area contributed by atoms with Crippen LogP contribution >= 0.6 is 15.9 Å². The van der Waals surface area contributed by atoms with E-state index in [0.29, 0.717) is 17.9 Å². The molecule has 0 bridgehead atoms. The minimum Gasteiger partial charge on any atom is -0.380 e. The van der Waals surface area contributed by atoms with Gasteiger partial charge in [0.1, 0.15) is 0 Å². The largest absolute Gasteiger partial charge is 0.380 e. The molecule has 0 amide bonds. The molecular formula is C17H17BrO. The molecule has 1 aliphatic rings. The van der Waals surface area contributed by atoms with Crippen molar-refractivity contribution in [3.63, 3.8) is 0 Å². The second-order valence-electron chi connectivity index (χ2n) is 5.21. The third kappa shape index (κ3) is 2.47. The average molecular weight is 317 g/mol. The smallest absolute Gasteiger partial charge is 0.0721 e. The predicted molar refractivity (Wildman–Crippen MR) is 81.6 cm³/mol. The Hall–Kier alpha value is -1.12. The van der Waals surface area contributed by atoms with Gasteiger partial charge in [0, 0.05) is 23.4 Å². The summed E-state index contributed by atoms with van der Waals surface area (Å²) in [4.78, 5) is 0. The number of aryl methyl sites for hydroxylation is 1. The first kappa shape index (κ1) is 12.9. The van der Waals surface area contributed by atoms with Crippen LogP contribution in [0, 0.1) is 6.92 Å². The molecule has 0 aromatic heterocycles. The fourth-order valence-corrected chi connectivity index (χ4v) is 3.11. The number of halogens is 1. The van der Waals surface area contributed by atoms with Crippen LogP contribution < -0.4 is 0 Å². The quantitative estimate of drug-likeness (QED) is 0.800. The van der Waals surface area contributed by atoms with Crippen LogP contribution in [-0.4, -0.2) is 13.2 Å². The Kier molecular flexibility index (Phi) is 3.46. The summed E-state index contributed by atoms with van der Waals surface area (Å²) >= 11 is 3.48. The minimum absolute atomic E-state index is 0.309. The number of benzene rings is 2. The van der Waals surface area contributed by atoms with E-state index >= 15 is 0 Å². The van der Waals surface area contributed by atoms with E-state index in [4.69, 9.17) is 4.74 Å². The van der Waals surface area contributed by atoms with Gasteiger partial charge in [-0.3, -0.25) is 0 Å². The molecule has 2 heteroatoms. The molecule has 3 atom stereocenters. The molecule has 1 fully saturated rings. The standard InChI is InChI=1S/C17H17BrO/c1-11-3-5-12(6-4-11)15-16(17(15)19-2)13-7-9-14(18)10-8-13/h3-10,15-17H,1-2H3. The van der Waals surface area contributed by atoms with Crippen LogP contribution in [0.5, 0.6) is 0 Å². The molecular weight excluding hydrogens is 300 g/mol. The molecule has 0 spiro atoms. The fourth-order valence-electron chi connectivity index (χ4n) is 2.84. The lowest BCUT2D eigenvalue weighted by molar-refractivity contribution is 0.173.